The van der Waals surface area contributed by atoms with E-state index in [-0.39, 0.29) is 0 Å². The molecule has 1 heterocycles. The molecule has 0 radical (unpaired) electrons. The fourth-order valence-electron chi connectivity index (χ4n) is 1.38. The van der Waals surface area contributed by atoms with Crippen molar-refractivity contribution in [2.45, 2.75) is 6.10 Å². The summed E-state index contributed by atoms with van der Waals surface area (Å²) < 4.78 is 11.9. The Morgan fingerprint density at radius 3 is 2.42 bits per heavy atom. The highest BCUT2D eigenvalue weighted by molar-refractivity contribution is 4.71. The third-order valence-electron chi connectivity index (χ3n) is 2.24. The molecule has 1 fully saturated rings. The Labute approximate surface area is 72.8 Å². The van der Waals surface area contributed by atoms with Crippen LogP contribution in [0.3, 0.4) is 0 Å². The minimum Gasteiger partial charge on any atom is -0.389 e. The summed E-state index contributed by atoms with van der Waals surface area (Å²) in [6, 6.07) is 0. The summed E-state index contributed by atoms with van der Waals surface area (Å²) in [5.74, 6) is 0. The minimum absolute atomic E-state index is 0.477. The van der Waals surface area contributed by atoms with Gasteiger partial charge in [0, 0.05) is 32.7 Å². The maximum Gasteiger partial charge on any atom is 0.117 e. The van der Waals surface area contributed by atoms with Crippen LogP contribution < -0.4 is 0 Å². The molecule has 1 atom stereocenters. The van der Waals surface area contributed by atoms with Crippen molar-refractivity contribution in [2.24, 2.45) is 0 Å². The summed E-state index contributed by atoms with van der Waals surface area (Å²) in [5, 5.41) is 9.05. The van der Waals surface area contributed by atoms with Crippen LogP contribution in [0.2, 0.25) is 0 Å². The molecule has 1 aliphatic heterocycles. The van der Waals surface area contributed by atoms with Gasteiger partial charge in [-0.25, -0.2) is 4.39 Å². The first-order valence-corrected chi connectivity index (χ1v) is 4.37. The van der Waals surface area contributed by atoms with Gasteiger partial charge in [0.15, 0.2) is 0 Å². The first kappa shape index (κ1) is 9.89. The van der Waals surface area contributed by atoms with Crippen LogP contribution in [-0.4, -0.2) is 67.5 Å². The molecule has 0 amide bonds. The molecule has 4 heteroatoms. The van der Waals surface area contributed by atoms with E-state index >= 15 is 0 Å². The van der Waals surface area contributed by atoms with Gasteiger partial charge in [-0.2, -0.15) is 0 Å². The Balaban J connectivity index is 2.17. The number of piperazine rings is 1. The second kappa shape index (κ2) is 4.74. The zero-order valence-corrected chi connectivity index (χ0v) is 7.54. The van der Waals surface area contributed by atoms with Crippen molar-refractivity contribution >= 4 is 0 Å². The average molecular weight is 176 g/mol. The quantitative estimate of drug-likeness (QED) is 0.632. The maximum atomic E-state index is 11.9. The lowest BCUT2D eigenvalue weighted by Gasteiger charge is -2.33. The van der Waals surface area contributed by atoms with Crippen LogP contribution in [0.4, 0.5) is 4.39 Å². The zero-order valence-electron chi connectivity index (χ0n) is 7.54. The molecule has 72 valence electrons. The molecule has 1 unspecified atom stereocenters. The lowest BCUT2D eigenvalue weighted by molar-refractivity contribution is 0.0657. The SMILES string of the molecule is CN1CCN(CC(O)CF)CC1. The van der Waals surface area contributed by atoms with Crippen molar-refractivity contribution in [2.75, 3.05) is 46.4 Å². The summed E-state index contributed by atoms with van der Waals surface area (Å²) in [6.45, 7) is 3.75. The molecular formula is C8H17FN2O. The van der Waals surface area contributed by atoms with E-state index in [1.54, 1.807) is 0 Å². The van der Waals surface area contributed by atoms with Gasteiger partial charge in [0.05, 0.1) is 6.10 Å². The van der Waals surface area contributed by atoms with Gasteiger partial charge >= 0.3 is 0 Å². The van der Waals surface area contributed by atoms with E-state index in [2.05, 4.69) is 16.8 Å². The van der Waals surface area contributed by atoms with Crippen LogP contribution in [-0.2, 0) is 0 Å². The predicted molar refractivity (Wildman–Crippen MR) is 45.9 cm³/mol. The summed E-state index contributed by atoms with van der Waals surface area (Å²) in [5.41, 5.74) is 0. The third-order valence-corrected chi connectivity index (χ3v) is 2.24. The van der Waals surface area contributed by atoms with E-state index in [4.69, 9.17) is 5.11 Å². The largest absolute Gasteiger partial charge is 0.389 e. The van der Waals surface area contributed by atoms with E-state index in [1.807, 2.05) is 0 Å². The molecule has 0 aromatic carbocycles. The van der Waals surface area contributed by atoms with Crippen LogP contribution in [0.5, 0.6) is 0 Å². The predicted octanol–water partition coefficient (Wildman–Crippen LogP) is -0.436. The topological polar surface area (TPSA) is 26.7 Å². The van der Waals surface area contributed by atoms with Gasteiger partial charge in [-0.1, -0.05) is 0 Å². The highest BCUT2D eigenvalue weighted by Crippen LogP contribution is 2.00. The van der Waals surface area contributed by atoms with Gasteiger partial charge in [0.25, 0.3) is 0 Å². The first-order chi connectivity index (χ1) is 5.72. The molecule has 1 saturated heterocycles. The van der Waals surface area contributed by atoms with E-state index < -0.39 is 12.8 Å². The van der Waals surface area contributed by atoms with E-state index in [0.717, 1.165) is 26.2 Å². The molecule has 12 heavy (non-hydrogen) atoms. The van der Waals surface area contributed by atoms with Gasteiger partial charge in [-0.3, -0.25) is 4.90 Å². The number of halogens is 1. The molecule has 1 rings (SSSR count). The molecule has 0 aliphatic carbocycles. The maximum absolute atomic E-state index is 11.9. The number of nitrogens with zero attached hydrogens (tertiary/aromatic N) is 2. The lowest BCUT2D eigenvalue weighted by Crippen LogP contribution is -2.47. The molecule has 1 N–H and O–H groups in total. The van der Waals surface area contributed by atoms with Crippen molar-refractivity contribution in [1.29, 1.82) is 0 Å². The Kier molecular flexibility index (Phi) is 3.91. The number of aliphatic hydroxyl groups excluding tert-OH is 1. The fraction of sp³-hybridized carbons (Fsp3) is 1.00. The first-order valence-electron chi connectivity index (χ1n) is 4.37. The van der Waals surface area contributed by atoms with Crippen molar-refractivity contribution in [3.63, 3.8) is 0 Å². The standard InChI is InChI=1S/C8H17FN2O/c1-10-2-4-11(5-3-10)7-8(12)6-9/h8,12H,2-7H2,1H3. The van der Waals surface area contributed by atoms with Gasteiger partial charge in [0.1, 0.15) is 6.67 Å². The van der Waals surface area contributed by atoms with Crippen LogP contribution in [0.1, 0.15) is 0 Å². The van der Waals surface area contributed by atoms with Crippen molar-refractivity contribution in [3.8, 4) is 0 Å². The Morgan fingerprint density at radius 2 is 1.92 bits per heavy atom. The molecule has 0 bridgehead atoms. The number of hydrogen-bond acceptors (Lipinski definition) is 3. The second-order valence-electron chi connectivity index (χ2n) is 3.41. The highest BCUT2D eigenvalue weighted by Gasteiger charge is 2.16. The van der Waals surface area contributed by atoms with Crippen molar-refractivity contribution in [3.05, 3.63) is 0 Å². The van der Waals surface area contributed by atoms with E-state index in [1.165, 1.54) is 0 Å². The molecule has 3 nitrogen and oxygen atoms in total. The zero-order chi connectivity index (χ0) is 8.97. The number of rotatable bonds is 3. The smallest absolute Gasteiger partial charge is 0.117 e. The summed E-state index contributed by atoms with van der Waals surface area (Å²) in [4.78, 5) is 4.34. The fourth-order valence-corrected chi connectivity index (χ4v) is 1.38. The normalized spacial score (nSPS) is 24.2. The Morgan fingerprint density at radius 1 is 1.33 bits per heavy atom. The number of hydrogen-bond donors (Lipinski definition) is 1. The highest BCUT2D eigenvalue weighted by atomic mass is 19.1. The van der Waals surface area contributed by atoms with Gasteiger partial charge in [-0.05, 0) is 7.05 Å². The van der Waals surface area contributed by atoms with E-state index in [0.29, 0.717) is 6.54 Å². The number of likely N-dealkylation sites (N-methyl/N-ethyl adjacent to an activating group) is 1. The molecule has 1 aliphatic rings. The Hall–Kier alpha value is -0.190. The van der Waals surface area contributed by atoms with Crippen LogP contribution in [0.25, 0.3) is 0 Å². The lowest BCUT2D eigenvalue weighted by atomic mass is 10.3. The summed E-state index contributed by atoms with van der Waals surface area (Å²) in [7, 11) is 2.07. The summed E-state index contributed by atoms with van der Waals surface area (Å²) >= 11 is 0. The van der Waals surface area contributed by atoms with Gasteiger partial charge < -0.3 is 10.0 Å². The van der Waals surface area contributed by atoms with Crippen LogP contribution >= 0.6 is 0 Å². The van der Waals surface area contributed by atoms with Crippen molar-refractivity contribution in [1.82, 2.24) is 9.80 Å². The Bertz CT molecular complexity index is 126. The van der Waals surface area contributed by atoms with Crippen LogP contribution in [0.15, 0.2) is 0 Å². The van der Waals surface area contributed by atoms with Gasteiger partial charge in [0.2, 0.25) is 0 Å². The number of alkyl halides is 1. The van der Waals surface area contributed by atoms with Crippen molar-refractivity contribution < 1.29 is 9.50 Å². The monoisotopic (exact) mass is 176 g/mol. The third kappa shape index (κ3) is 3.05. The average Bonchev–Trinajstić information content (AvgIpc) is 2.09. The number of β-amino-alcohol motifs (C(OH)–C–C–N with tert-alkyl or cyclic N) is 1. The molecule has 0 aromatic rings. The second-order valence-corrected chi connectivity index (χ2v) is 3.41. The summed E-state index contributed by atoms with van der Waals surface area (Å²) in [6.07, 6.45) is -0.798. The van der Waals surface area contributed by atoms with Gasteiger partial charge in [-0.15, -0.1) is 0 Å². The molecule has 0 aromatic heterocycles. The minimum atomic E-state index is -0.798. The van der Waals surface area contributed by atoms with E-state index in [9.17, 15) is 4.39 Å². The molecule has 0 spiro atoms. The molecular weight excluding hydrogens is 159 g/mol. The number of aliphatic hydroxyl groups is 1. The molecule has 0 saturated carbocycles. The van der Waals surface area contributed by atoms with Crippen LogP contribution in [0, 0.1) is 0 Å².